The lowest BCUT2D eigenvalue weighted by Gasteiger charge is -2.31. The van der Waals surface area contributed by atoms with Gasteiger partial charge in [0.2, 0.25) is 5.91 Å². The summed E-state index contributed by atoms with van der Waals surface area (Å²) in [7, 11) is 0. The predicted molar refractivity (Wildman–Crippen MR) is 68.3 cm³/mol. The highest BCUT2D eigenvalue weighted by Crippen LogP contribution is 2.27. The molecule has 2 rings (SSSR count). The smallest absolute Gasteiger partial charge is 0.238 e. The Morgan fingerprint density at radius 3 is 2.78 bits per heavy atom. The Bertz CT molecular complexity index is 453. The van der Waals surface area contributed by atoms with Gasteiger partial charge < -0.3 is 4.90 Å². The summed E-state index contributed by atoms with van der Waals surface area (Å²) >= 11 is 0. The highest BCUT2D eigenvalue weighted by Gasteiger charge is 2.34. The number of benzene rings is 1. The first-order chi connectivity index (χ1) is 8.37. The zero-order valence-electron chi connectivity index (χ0n) is 11.0. The molecule has 1 aliphatic rings. The maximum absolute atomic E-state index is 13.3. The minimum atomic E-state index is -0.274. The van der Waals surface area contributed by atoms with E-state index in [9.17, 15) is 9.18 Å². The van der Waals surface area contributed by atoms with E-state index in [4.69, 9.17) is 0 Å². The van der Waals surface area contributed by atoms with Crippen molar-refractivity contribution in [2.75, 3.05) is 13.1 Å². The Balaban J connectivity index is 2.24. The number of nitrogens with one attached hydrogen (secondary N) is 1. The van der Waals surface area contributed by atoms with Crippen LogP contribution in [0.15, 0.2) is 24.3 Å². The van der Waals surface area contributed by atoms with Crippen molar-refractivity contribution in [3.05, 3.63) is 35.6 Å². The first kappa shape index (κ1) is 13.0. The minimum Gasteiger partial charge on any atom is -0.321 e. The summed E-state index contributed by atoms with van der Waals surface area (Å²) in [6, 6.07) is 6.40. The molecule has 0 aromatic heterocycles. The van der Waals surface area contributed by atoms with E-state index >= 15 is 0 Å². The molecule has 1 amide bonds. The average molecular weight is 250 g/mol. The number of hydrogen-bond donors (Lipinski definition) is 1. The number of nitrogens with zero attached hydrogens (tertiary/aromatic N) is 1. The van der Waals surface area contributed by atoms with Crippen LogP contribution in [0.4, 0.5) is 4.39 Å². The number of carbonyl (C=O) groups excluding carboxylic acids is 1. The van der Waals surface area contributed by atoms with Crippen LogP contribution < -0.4 is 5.32 Å². The fourth-order valence-electron chi connectivity index (χ4n) is 2.20. The third-order valence-corrected chi connectivity index (χ3v) is 2.89. The monoisotopic (exact) mass is 250 g/mol. The Hall–Kier alpha value is -1.42. The molecule has 1 unspecified atom stereocenters. The largest absolute Gasteiger partial charge is 0.321 e. The first-order valence-electron chi connectivity index (χ1n) is 6.15. The van der Waals surface area contributed by atoms with Crippen LogP contribution in [0.3, 0.4) is 0 Å². The minimum absolute atomic E-state index is 0.0211. The van der Waals surface area contributed by atoms with E-state index in [0.29, 0.717) is 13.1 Å². The van der Waals surface area contributed by atoms with Gasteiger partial charge in [-0.3, -0.25) is 10.1 Å². The molecule has 1 atom stereocenters. The highest BCUT2D eigenvalue weighted by atomic mass is 19.1. The Morgan fingerprint density at radius 1 is 1.44 bits per heavy atom. The predicted octanol–water partition coefficient (Wildman–Crippen LogP) is 2.30. The molecule has 1 saturated heterocycles. The van der Waals surface area contributed by atoms with Crippen LogP contribution in [-0.4, -0.2) is 23.9 Å². The van der Waals surface area contributed by atoms with E-state index in [1.54, 1.807) is 11.0 Å². The number of hydrogen-bond acceptors (Lipinski definition) is 2. The molecule has 0 bridgehead atoms. The second-order valence-corrected chi connectivity index (χ2v) is 5.92. The Kier molecular flexibility index (Phi) is 3.39. The van der Waals surface area contributed by atoms with Crippen LogP contribution in [0.2, 0.25) is 0 Å². The molecule has 1 aliphatic heterocycles. The fraction of sp³-hybridized carbons (Fsp3) is 0.500. The van der Waals surface area contributed by atoms with Gasteiger partial charge in [-0.2, -0.15) is 0 Å². The van der Waals surface area contributed by atoms with E-state index in [2.05, 4.69) is 26.1 Å². The molecule has 18 heavy (non-hydrogen) atoms. The van der Waals surface area contributed by atoms with Crippen LogP contribution in [0.5, 0.6) is 0 Å². The molecule has 1 heterocycles. The molecule has 0 radical (unpaired) electrons. The standard InChI is InChI=1S/C14H19FN2O/c1-14(2,3)9-17-12(18)8-16-13(17)10-5-4-6-11(15)7-10/h4-7,13,16H,8-9H2,1-3H3. The molecular formula is C14H19FN2O. The van der Waals surface area contributed by atoms with Crippen LogP contribution in [0.1, 0.15) is 32.5 Å². The SMILES string of the molecule is CC(C)(C)CN1C(=O)CNC1c1cccc(F)c1. The maximum Gasteiger partial charge on any atom is 0.238 e. The lowest BCUT2D eigenvalue weighted by molar-refractivity contribution is -0.129. The highest BCUT2D eigenvalue weighted by molar-refractivity contribution is 5.81. The van der Waals surface area contributed by atoms with Gasteiger partial charge in [0.1, 0.15) is 12.0 Å². The summed E-state index contributed by atoms with van der Waals surface area (Å²) in [5.41, 5.74) is 0.817. The molecule has 1 aromatic rings. The normalized spacial score (nSPS) is 20.6. The van der Waals surface area contributed by atoms with E-state index in [1.165, 1.54) is 12.1 Å². The fourth-order valence-corrected chi connectivity index (χ4v) is 2.20. The van der Waals surface area contributed by atoms with E-state index < -0.39 is 0 Å². The van der Waals surface area contributed by atoms with E-state index in [-0.39, 0.29) is 23.3 Å². The molecular weight excluding hydrogens is 231 g/mol. The van der Waals surface area contributed by atoms with Gasteiger partial charge in [0, 0.05) is 6.54 Å². The van der Waals surface area contributed by atoms with Crippen LogP contribution in [-0.2, 0) is 4.79 Å². The third-order valence-electron chi connectivity index (χ3n) is 2.89. The number of halogens is 1. The van der Waals surface area contributed by atoms with Crippen molar-refractivity contribution >= 4 is 5.91 Å². The summed E-state index contributed by atoms with van der Waals surface area (Å²) in [5, 5.41) is 3.13. The van der Waals surface area contributed by atoms with Gasteiger partial charge in [-0.15, -0.1) is 0 Å². The molecule has 98 valence electrons. The molecule has 1 fully saturated rings. The van der Waals surface area contributed by atoms with Crippen molar-refractivity contribution in [2.45, 2.75) is 26.9 Å². The number of rotatable bonds is 2. The lowest BCUT2D eigenvalue weighted by Crippen LogP contribution is -2.37. The van der Waals surface area contributed by atoms with Crippen molar-refractivity contribution < 1.29 is 9.18 Å². The lowest BCUT2D eigenvalue weighted by atomic mass is 9.95. The van der Waals surface area contributed by atoms with Crippen molar-refractivity contribution in [1.82, 2.24) is 10.2 Å². The van der Waals surface area contributed by atoms with Crippen molar-refractivity contribution in [3.8, 4) is 0 Å². The first-order valence-corrected chi connectivity index (χ1v) is 6.15. The summed E-state index contributed by atoms with van der Waals surface area (Å²) in [5.74, 6) is -0.205. The Morgan fingerprint density at radius 2 is 2.17 bits per heavy atom. The summed E-state index contributed by atoms with van der Waals surface area (Å²) in [6.45, 7) is 7.22. The second-order valence-electron chi connectivity index (χ2n) is 5.92. The molecule has 0 saturated carbocycles. The molecule has 0 aliphatic carbocycles. The summed E-state index contributed by atoms with van der Waals surface area (Å²) < 4.78 is 13.3. The number of amides is 1. The van der Waals surface area contributed by atoms with Gasteiger partial charge in [-0.1, -0.05) is 32.9 Å². The molecule has 0 spiro atoms. The summed E-state index contributed by atoms with van der Waals surface area (Å²) in [4.78, 5) is 13.7. The topological polar surface area (TPSA) is 32.3 Å². The quantitative estimate of drug-likeness (QED) is 0.873. The maximum atomic E-state index is 13.3. The molecule has 4 heteroatoms. The van der Waals surface area contributed by atoms with Gasteiger partial charge in [0.05, 0.1) is 6.54 Å². The van der Waals surface area contributed by atoms with Crippen LogP contribution in [0.25, 0.3) is 0 Å². The summed E-state index contributed by atoms with van der Waals surface area (Å²) in [6.07, 6.45) is -0.215. The van der Waals surface area contributed by atoms with Gasteiger partial charge in [-0.05, 0) is 23.1 Å². The van der Waals surface area contributed by atoms with Crippen LogP contribution in [0, 0.1) is 11.2 Å². The Labute approximate surface area is 107 Å². The van der Waals surface area contributed by atoms with Crippen molar-refractivity contribution in [2.24, 2.45) is 5.41 Å². The second kappa shape index (κ2) is 4.69. The van der Waals surface area contributed by atoms with Gasteiger partial charge in [0.25, 0.3) is 0 Å². The van der Waals surface area contributed by atoms with Gasteiger partial charge >= 0.3 is 0 Å². The van der Waals surface area contributed by atoms with Crippen molar-refractivity contribution in [1.29, 1.82) is 0 Å². The average Bonchev–Trinajstić information content (AvgIpc) is 2.58. The van der Waals surface area contributed by atoms with Gasteiger partial charge in [-0.25, -0.2) is 4.39 Å². The van der Waals surface area contributed by atoms with Crippen LogP contribution >= 0.6 is 0 Å². The van der Waals surface area contributed by atoms with Gasteiger partial charge in [0.15, 0.2) is 0 Å². The third kappa shape index (κ3) is 2.88. The zero-order chi connectivity index (χ0) is 13.3. The van der Waals surface area contributed by atoms with E-state index in [1.807, 2.05) is 6.07 Å². The number of carbonyl (C=O) groups is 1. The van der Waals surface area contributed by atoms with Crippen molar-refractivity contribution in [3.63, 3.8) is 0 Å². The molecule has 1 N–H and O–H groups in total. The molecule has 1 aromatic carbocycles. The molecule has 3 nitrogen and oxygen atoms in total. The zero-order valence-corrected chi connectivity index (χ0v) is 11.0. The van der Waals surface area contributed by atoms with E-state index in [0.717, 1.165) is 5.56 Å².